The largest absolute Gasteiger partial charge is 0.371 e. The zero-order valence-corrected chi connectivity index (χ0v) is 14.4. The van der Waals surface area contributed by atoms with Gasteiger partial charge in [-0.05, 0) is 48.6 Å². The van der Waals surface area contributed by atoms with Gasteiger partial charge in [-0.15, -0.1) is 0 Å². The molecule has 1 amide bonds. The molecule has 0 aromatic heterocycles. The number of nitrogens with zero attached hydrogens (tertiary/aromatic N) is 1. The number of nitrogens with one attached hydrogen (secondary N) is 1. The van der Waals surface area contributed by atoms with Gasteiger partial charge in [-0.25, -0.2) is 0 Å². The van der Waals surface area contributed by atoms with Gasteiger partial charge in [-0.1, -0.05) is 43.4 Å². The first kappa shape index (κ1) is 15.6. The van der Waals surface area contributed by atoms with E-state index in [1.807, 2.05) is 6.08 Å². The Morgan fingerprint density at radius 1 is 1.45 bits per heavy atom. The lowest BCUT2D eigenvalue weighted by Gasteiger charge is -2.31. The topological polar surface area (TPSA) is 32.3 Å². The van der Waals surface area contributed by atoms with Crippen LogP contribution in [-0.4, -0.2) is 23.3 Å². The number of amides is 1. The molecule has 2 heterocycles. The number of unbranched alkanes of at least 4 members (excludes halogenated alkanes) is 1. The molecule has 0 unspecified atom stereocenters. The van der Waals surface area contributed by atoms with E-state index in [4.69, 9.17) is 12.2 Å². The first-order chi connectivity index (χ1) is 10.7. The van der Waals surface area contributed by atoms with Gasteiger partial charge in [0.15, 0.2) is 0 Å². The van der Waals surface area contributed by atoms with E-state index in [1.54, 1.807) is 0 Å². The minimum atomic E-state index is -0.0858. The fraction of sp³-hybridized carbons (Fsp3) is 0.412. The summed E-state index contributed by atoms with van der Waals surface area (Å²) in [6, 6.07) is 6.52. The van der Waals surface area contributed by atoms with Crippen LogP contribution in [-0.2, 0) is 11.2 Å². The zero-order valence-electron chi connectivity index (χ0n) is 12.7. The average Bonchev–Trinajstić information content (AvgIpc) is 2.82. The summed E-state index contributed by atoms with van der Waals surface area (Å²) >= 11 is 6.37. The molecule has 1 aromatic rings. The maximum absolute atomic E-state index is 11.8. The molecule has 5 heteroatoms. The maximum Gasteiger partial charge on any atom is 0.263 e. The van der Waals surface area contributed by atoms with E-state index < -0.39 is 0 Å². The third-order valence-electron chi connectivity index (χ3n) is 4.04. The monoisotopic (exact) mass is 332 g/mol. The maximum atomic E-state index is 11.8. The Kier molecular flexibility index (Phi) is 4.84. The fourth-order valence-corrected chi connectivity index (χ4v) is 3.98. The molecule has 2 aliphatic heterocycles. The van der Waals surface area contributed by atoms with Crippen LogP contribution in [0.25, 0.3) is 6.08 Å². The van der Waals surface area contributed by atoms with Crippen LogP contribution < -0.4 is 10.2 Å². The van der Waals surface area contributed by atoms with Crippen LogP contribution in [0.2, 0.25) is 0 Å². The standard InChI is InChI=1S/C17H20N2OS2/c1-2-3-8-19-9-4-5-13-10-12(6-7-14(13)19)11-15-16(20)18-17(21)22-15/h6-7,10-11H,2-5,8-9H2,1H3,(H,18,20,21). The zero-order chi connectivity index (χ0) is 15.5. The molecular weight excluding hydrogens is 312 g/mol. The second-order valence-electron chi connectivity index (χ2n) is 5.68. The van der Waals surface area contributed by atoms with Crippen molar-refractivity contribution in [3.63, 3.8) is 0 Å². The van der Waals surface area contributed by atoms with Gasteiger partial charge >= 0.3 is 0 Å². The van der Waals surface area contributed by atoms with Gasteiger partial charge in [0.1, 0.15) is 4.32 Å². The van der Waals surface area contributed by atoms with Crippen molar-refractivity contribution in [1.82, 2.24) is 5.32 Å². The molecule has 1 saturated heterocycles. The molecule has 3 nitrogen and oxygen atoms in total. The summed E-state index contributed by atoms with van der Waals surface area (Å²) in [6.45, 7) is 4.52. The summed E-state index contributed by atoms with van der Waals surface area (Å²) < 4.78 is 0.542. The fourth-order valence-electron chi connectivity index (χ4n) is 2.94. The van der Waals surface area contributed by atoms with Crippen LogP contribution in [0, 0.1) is 0 Å². The van der Waals surface area contributed by atoms with E-state index in [2.05, 4.69) is 35.3 Å². The van der Waals surface area contributed by atoms with E-state index >= 15 is 0 Å². The lowest BCUT2D eigenvalue weighted by atomic mass is 9.98. The minimum Gasteiger partial charge on any atom is -0.371 e. The number of carbonyl (C=O) groups is 1. The smallest absolute Gasteiger partial charge is 0.263 e. The van der Waals surface area contributed by atoms with Crippen molar-refractivity contribution in [3.8, 4) is 0 Å². The third-order valence-corrected chi connectivity index (χ3v) is 5.20. The van der Waals surface area contributed by atoms with Crippen molar-refractivity contribution >= 4 is 46.0 Å². The van der Waals surface area contributed by atoms with Crippen LogP contribution in [0.5, 0.6) is 0 Å². The van der Waals surface area contributed by atoms with Crippen LogP contribution in [0.15, 0.2) is 23.1 Å². The number of fused-ring (bicyclic) bond motifs is 1. The number of anilines is 1. The second kappa shape index (κ2) is 6.84. The number of hydrogen-bond acceptors (Lipinski definition) is 4. The van der Waals surface area contributed by atoms with E-state index in [0.29, 0.717) is 9.23 Å². The van der Waals surface area contributed by atoms with Crippen molar-refractivity contribution < 1.29 is 4.79 Å². The van der Waals surface area contributed by atoms with Crippen LogP contribution in [0.3, 0.4) is 0 Å². The SMILES string of the molecule is CCCCN1CCCc2cc(C=C3SC(=S)NC3=O)ccc21. The van der Waals surface area contributed by atoms with Crippen molar-refractivity contribution in [2.45, 2.75) is 32.6 Å². The number of aryl methyl sites for hydroxylation is 1. The Hall–Kier alpha value is -1.33. The average molecular weight is 332 g/mol. The highest BCUT2D eigenvalue weighted by Gasteiger charge is 2.22. The highest BCUT2D eigenvalue weighted by Crippen LogP contribution is 2.31. The van der Waals surface area contributed by atoms with Crippen LogP contribution in [0.1, 0.15) is 37.3 Å². The first-order valence-corrected chi connectivity index (χ1v) is 9.02. The molecule has 116 valence electrons. The molecule has 22 heavy (non-hydrogen) atoms. The third kappa shape index (κ3) is 3.36. The van der Waals surface area contributed by atoms with Crippen molar-refractivity contribution in [2.75, 3.05) is 18.0 Å². The number of benzene rings is 1. The molecule has 1 N–H and O–H groups in total. The second-order valence-corrected chi connectivity index (χ2v) is 7.40. The molecule has 0 atom stereocenters. The molecule has 2 aliphatic rings. The molecule has 3 rings (SSSR count). The molecule has 1 aromatic carbocycles. The van der Waals surface area contributed by atoms with Crippen LogP contribution in [0.4, 0.5) is 5.69 Å². The molecule has 0 spiro atoms. The Morgan fingerprint density at radius 3 is 3.05 bits per heavy atom. The van der Waals surface area contributed by atoms with Gasteiger partial charge < -0.3 is 10.2 Å². The van der Waals surface area contributed by atoms with Crippen molar-refractivity contribution in [1.29, 1.82) is 0 Å². The number of hydrogen-bond donors (Lipinski definition) is 1. The normalized spacial score (nSPS) is 19.5. The predicted molar refractivity (Wildman–Crippen MR) is 98.2 cm³/mol. The Balaban J connectivity index is 1.83. The number of rotatable bonds is 4. The molecule has 0 saturated carbocycles. The Morgan fingerprint density at radius 2 is 2.32 bits per heavy atom. The summed E-state index contributed by atoms with van der Waals surface area (Å²) in [6.07, 6.45) is 6.72. The first-order valence-electron chi connectivity index (χ1n) is 7.80. The molecule has 1 fully saturated rings. The summed E-state index contributed by atoms with van der Waals surface area (Å²) in [4.78, 5) is 14.9. The molecule has 0 bridgehead atoms. The van der Waals surface area contributed by atoms with E-state index in [0.717, 1.165) is 25.1 Å². The van der Waals surface area contributed by atoms with Gasteiger partial charge in [-0.2, -0.15) is 0 Å². The van der Waals surface area contributed by atoms with Gasteiger partial charge in [0.2, 0.25) is 0 Å². The lowest BCUT2D eigenvalue weighted by Crippen LogP contribution is -2.30. The van der Waals surface area contributed by atoms with Crippen molar-refractivity contribution in [2.24, 2.45) is 0 Å². The Bertz CT molecular complexity index is 640. The molecule has 0 aliphatic carbocycles. The number of thioether (sulfide) groups is 1. The van der Waals surface area contributed by atoms with Gasteiger partial charge in [-0.3, -0.25) is 4.79 Å². The quantitative estimate of drug-likeness (QED) is 0.673. The number of carbonyl (C=O) groups excluding carboxylic acids is 1. The molecule has 0 radical (unpaired) electrons. The number of thiocarbonyl (C=S) groups is 1. The van der Waals surface area contributed by atoms with Gasteiger partial charge in [0, 0.05) is 18.8 Å². The van der Waals surface area contributed by atoms with E-state index in [9.17, 15) is 4.79 Å². The van der Waals surface area contributed by atoms with Gasteiger partial charge in [0.05, 0.1) is 4.91 Å². The summed E-state index contributed by atoms with van der Waals surface area (Å²) in [5.41, 5.74) is 3.84. The highest BCUT2D eigenvalue weighted by atomic mass is 32.2. The summed E-state index contributed by atoms with van der Waals surface area (Å²) in [5.74, 6) is -0.0858. The van der Waals surface area contributed by atoms with E-state index in [1.165, 1.54) is 42.3 Å². The van der Waals surface area contributed by atoms with Crippen LogP contribution >= 0.6 is 24.0 Å². The predicted octanol–water partition coefficient (Wildman–Crippen LogP) is 3.73. The summed E-state index contributed by atoms with van der Waals surface area (Å²) in [7, 11) is 0. The summed E-state index contributed by atoms with van der Waals surface area (Å²) in [5, 5.41) is 2.66. The van der Waals surface area contributed by atoms with Crippen molar-refractivity contribution in [3.05, 3.63) is 34.2 Å². The highest BCUT2D eigenvalue weighted by molar-refractivity contribution is 8.26. The Labute approximate surface area is 141 Å². The lowest BCUT2D eigenvalue weighted by molar-refractivity contribution is -0.115. The van der Waals surface area contributed by atoms with E-state index in [-0.39, 0.29) is 5.91 Å². The minimum absolute atomic E-state index is 0.0858. The molecular formula is C17H20N2OS2. The van der Waals surface area contributed by atoms with Gasteiger partial charge in [0.25, 0.3) is 5.91 Å².